The number of nitrogens with zero attached hydrogens (tertiary/aromatic N) is 1. The Balaban J connectivity index is 0.00000225. The molecule has 0 radical (unpaired) electrons. The molecule has 0 bridgehead atoms. The van der Waals surface area contributed by atoms with Crippen LogP contribution in [0.2, 0.25) is 0 Å². The third-order valence-electron chi connectivity index (χ3n) is 2.30. The van der Waals surface area contributed by atoms with E-state index in [-0.39, 0.29) is 24.9 Å². The van der Waals surface area contributed by atoms with E-state index in [0.717, 1.165) is 32.2 Å². The molecule has 1 atom stereocenters. The molecule has 1 aliphatic heterocycles. The Morgan fingerprint density at radius 2 is 1.94 bits per heavy atom. The van der Waals surface area contributed by atoms with Crippen LogP contribution in [0.15, 0.2) is 0 Å². The molecule has 3 N–H and O–H groups in total. The Hall–Kier alpha value is -0.370. The van der Waals surface area contributed by atoms with Crippen LogP contribution >= 0.6 is 12.4 Å². The van der Waals surface area contributed by atoms with Crippen LogP contribution in [0, 0.1) is 0 Å². The molecule has 0 aliphatic carbocycles. The van der Waals surface area contributed by atoms with Crippen LogP contribution in [0.4, 0.5) is 0 Å². The molecule has 8 heteroatoms. The minimum Gasteiger partial charge on any atom is -0.341 e. The van der Waals surface area contributed by atoms with Gasteiger partial charge in [-0.15, -0.1) is 12.4 Å². The highest BCUT2D eigenvalue weighted by Crippen LogP contribution is 2.08. The third-order valence-corrected chi connectivity index (χ3v) is 2.99. The quantitative estimate of drug-likeness (QED) is 0.679. The average molecular weight is 272 g/mol. The number of likely N-dealkylation sites (tertiary alicyclic amines) is 1. The zero-order chi connectivity index (χ0) is 11.5. The summed E-state index contributed by atoms with van der Waals surface area (Å²) in [5.74, 6) is -0.177. The molecule has 1 heterocycles. The van der Waals surface area contributed by atoms with Gasteiger partial charge >= 0.3 is 0 Å². The summed E-state index contributed by atoms with van der Waals surface area (Å²) < 4.78 is 23.8. The summed E-state index contributed by atoms with van der Waals surface area (Å²) in [6, 6.07) is -0.780. The van der Waals surface area contributed by atoms with Gasteiger partial charge in [0.05, 0.1) is 12.3 Å². The lowest BCUT2D eigenvalue weighted by molar-refractivity contribution is -0.131. The molecule has 0 saturated carbocycles. The number of halogens is 1. The fraction of sp³-hybridized carbons (Fsp3) is 0.875. The van der Waals surface area contributed by atoms with Gasteiger partial charge in [0.1, 0.15) is 0 Å². The Kier molecular flexibility index (Phi) is 6.24. The Bertz CT molecular complexity index is 327. The van der Waals surface area contributed by atoms with Gasteiger partial charge < -0.3 is 10.6 Å². The normalized spacial score (nSPS) is 18.0. The molecule has 96 valence electrons. The van der Waals surface area contributed by atoms with Gasteiger partial charge in [-0.3, -0.25) is 4.79 Å². The molecule has 0 aromatic heterocycles. The summed E-state index contributed by atoms with van der Waals surface area (Å²) in [7, 11) is -3.28. The van der Waals surface area contributed by atoms with Crippen molar-refractivity contribution >= 4 is 28.3 Å². The van der Waals surface area contributed by atoms with Gasteiger partial charge in [-0.1, -0.05) is 0 Å². The van der Waals surface area contributed by atoms with Crippen LogP contribution < -0.4 is 10.5 Å². The van der Waals surface area contributed by atoms with E-state index in [1.807, 2.05) is 0 Å². The first kappa shape index (κ1) is 15.6. The lowest BCUT2D eigenvalue weighted by atomic mass is 10.3. The molecule has 0 spiro atoms. The maximum absolute atomic E-state index is 11.6. The number of sulfonamides is 1. The van der Waals surface area contributed by atoms with E-state index in [4.69, 9.17) is 5.73 Å². The number of amides is 1. The van der Waals surface area contributed by atoms with Gasteiger partial charge in [0, 0.05) is 19.6 Å². The zero-order valence-electron chi connectivity index (χ0n) is 9.18. The minimum atomic E-state index is -3.28. The van der Waals surface area contributed by atoms with E-state index >= 15 is 0 Å². The zero-order valence-corrected chi connectivity index (χ0v) is 10.8. The molecule has 0 aromatic carbocycles. The molecular weight excluding hydrogens is 254 g/mol. The predicted octanol–water partition coefficient (Wildman–Crippen LogP) is -1.09. The van der Waals surface area contributed by atoms with Gasteiger partial charge in [-0.05, 0) is 12.8 Å². The van der Waals surface area contributed by atoms with Gasteiger partial charge in [0.2, 0.25) is 15.9 Å². The number of hydrogen-bond acceptors (Lipinski definition) is 4. The number of carbonyl (C=O) groups excluding carboxylic acids is 1. The first-order valence-corrected chi connectivity index (χ1v) is 6.78. The predicted molar refractivity (Wildman–Crippen MR) is 63.9 cm³/mol. The van der Waals surface area contributed by atoms with Crippen molar-refractivity contribution in [3.05, 3.63) is 0 Å². The Labute approximate surface area is 102 Å². The molecule has 1 amide bonds. The number of rotatable bonds is 4. The van der Waals surface area contributed by atoms with E-state index in [1.165, 1.54) is 0 Å². The Morgan fingerprint density at radius 1 is 1.44 bits per heavy atom. The van der Waals surface area contributed by atoms with Gasteiger partial charge in [0.25, 0.3) is 0 Å². The van der Waals surface area contributed by atoms with Crippen molar-refractivity contribution < 1.29 is 13.2 Å². The van der Waals surface area contributed by atoms with Crippen molar-refractivity contribution in [2.24, 2.45) is 5.73 Å². The molecule has 6 nitrogen and oxygen atoms in total. The van der Waals surface area contributed by atoms with E-state index in [1.54, 1.807) is 4.90 Å². The molecule has 1 fully saturated rings. The first-order chi connectivity index (χ1) is 6.90. The summed E-state index contributed by atoms with van der Waals surface area (Å²) >= 11 is 0. The van der Waals surface area contributed by atoms with Crippen molar-refractivity contribution in [2.45, 2.75) is 18.9 Å². The molecular formula is C8H18ClN3O3S. The standard InChI is InChI=1S/C8H17N3O3S.ClH/c1-15(13,14)10-6-7(9)8(12)11-4-2-3-5-11;/h7,10H,2-6,9H2,1H3;1H. The van der Waals surface area contributed by atoms with E-state index in [2.05, 4.69) is 4.72 Å². The van der Waals surface area contributed by atoms with Crippen LogP contribution in [0.5, 0.6) is 0 Å². The van der Waals surface area contributed by atoms with Crippen molar-refractivity contribution in [1.29, 1.82) is 0 Å². The smallest absolute Gasteiger partial charge is 0.240 e. The van der Waals surface area contributed by atoms with Crippen LogP contribution in [0.25, 0.3) is 0 Å². The monoisotopic (exact) mass is 271 g/mol. The van der Waals surface area contributed by atoms with Gasteiger partial charge in [0.15, 0.2) is 0 Å². The second kappa shape index (κ2) is 6.39. The highest BCUT2D eigenvalue weighted by Gasteiger charge is 2.23. The SMILES string of the molecule is CS(=O)(=O)NCC(N)C(=O)N1CCCC1.Cl. The first-order valence-electron chi connectivity index (χ1n) is 4.89. The van der Waals surface area contributed by atoms with Crippen molar-refractivity contribution in [3.63, 3.8) is 0 Å². The highest BCUT2D eigenvalue weighted by atomic mass is 35.5. The topological polar surface area (TPSA) is 92.5 Å². The number of nitrogens with one attached hydrogen (secondary N) is 1. The molecule has 0 aromatic rings. The van der Waals surface area contributed by atoms with Crippen LogP contribution in [0.3, 0.4) is 0 Å². The summed E-state index contributed by atoms with van der Waals surface area (Å²) in [6.07, 6.45) is 3.04. The number of carbonyl (C=O) groups is 1. The molecule has 16 heavy (non-hydrogen) atoms. The summed E-state index contributed by atoms with van der Waals surface area (Å²) in [5, 5.41) is 0. The van der Waals surface area contributed by atoms with Crippen LogP contribution in [-0.2, 0) is 14.8 Å². The maximum Gasteiger partial charge on any atom is 0.240 e. The molecule has 1 rings (SSSR count). The lowest BCUT2D eigenvalue weighted by Gasteiger charge is -2.19. The lowest BCUT2D eigenvalue weighted by Crippen LogP contribution is -2.48. The fourth-order valence-corrected chi connectivity index (χ4v) is 1.98. The van der Waals surface area contributed by atoms with E-state index < -0.39 is 16.1 Å². The van der Waals surface area contributed by atoms with E-state index in [0.29, 0.717) is 0 Å². The van der Waals surface area contributed by atoms with Crippen molar-refractivity contribution in [3.8, 4) is 0 Å². The maximum atomic E-state index is 11.6. The van der Waals surface area contributed by atoms with E-state index in [9.17, 15) is 13.2 Å². The summed E-state index contributed by atoms with van der Waals surface area (Å²) in [5.41, 5.74) is 5.59. The minimum absolute atomic E-state index is 0. The third kappa shape index (κ3) is 5.11. The van der Waals surface area contributed by atoms with Crippen molar-refractivity contribution in [1.82, 2.24) is 9.62 Å². The van der Waals surface area contributed by atoms with Crippen LogP contribution in [-0.4, -0.2) is 51.2 Å². The van der Waals surface area contributed by atoms with Crippen LogP contribution in [0.1, 0.15) is 12.8 Å². The van der Waals surface area contributed by atoms with Gasteiger partial charge in [-0.25, -0.2) is 13.1 Å². The fourth-order valence-electron chi connectivity index (χ4n) is 1.50. The molecule has 1 aliphatic rings. The average Bonchev–Trinajstić information content (AvgIpc) is 2.64. The second-order valence-electron chi connectivity index (χ2n) is 3.76. The molecule has 1 saturated heterocycles. The summed E-state index contributed by atoms with van der Waals surface area (Å²) in [6.45, 7) is 1.42. The number of hydrogen-bond donors (Lipinski definition) is 2. The Morgan fingerprint density at radius 3 is 2.38 bits per heavy atom. The number of nitrogens with two attached hydrogens (primary N) is 1. The van der Waals surface area contributed by atoms with Gasteiger partial charge in [-0.2, -0.15) is 0 Å². The van der Waals surface area contributed by atoms with Crippen molar-refractivity contribution in [2.75, 3.05) is 25.9 Å². The highest BCUT2D eigenvalue weighted by molar-refractivity contribution is 7.88. The largest absolute Gasteiger partial charge is 0.341 e. The molecule has 1 unspecified atom stereocenters. The second-order valence-corrected chi connectivity index (χ2v) is 5.59. The summed E-state index contributed by atoms with van der Waals surface area (Å²) in [4.78, 5) is 13.3.